The monoisotopic (exact) mass is 298 g/mol. The predicted molar refractivity (Wildman–Crippen MR) is 89.3 cm³/mol. The average Bonchev–Trinajstić information content (AvgIpc) is 2.40. The van der Waals surface area contributed by atoms with Gasteiger partial charge in [0.15, 0.2) is 0 Å². The summed E-state index contributed by atoms with van der Waals surface area (Å²) in [6.45, 7) is 8.54. The van der Waals surface area contributed by atoms with Crippen molar-refractivity contribution >= 4 is 34.5 Å². The highest BCUT2D eigenvalue weighted by atomic mass is 35.5. The van der Waals surface area contributed by atoms with Gasteiger partial charge >= 0.3 is 0 Å². The summed E-state index contributed by atoms with van der Waals surface area (Å²) < 4.78 is 0. The lowest BCUT2D eigenvalue weighted by molar-refractivity contribution is 0.486. The molecule has 0 saturated heterocycles. The fraction of sp³-hybridized carbons (Fsp3) is 0.533. The summed E-state index contributed by atoms with van der Waals surface area (Å²) in [5, 5.41) is 0.720. The van der Waals surface area contributed by atoms with Gasteiger partial charge in [-0.25, -0.2) is 0 Å². The number of thiocarbonyl (C=S) groups is 1. The molecule has 1 aromatic rings. The first-order valence-electron chi connectivity index (χ1n) is 6.87. The smallest absolute Gasteiger partial charge is 0.106 e. The Morgan fingerprint density at radius 3 is 2.42 bits per heavy atom. The van der Waals surface area contributed by atoms with E-state index in [1.807, 2.05) is 18.2 Å². The number of anilines is 1. The second-order valence-electron chi connectivity index (χ2n) is 4.75. The number of hydrogen-bond donors (Lipinski definition) is 1. The van der Waals surface area contributed by atoms with Gasteiger partial charge in [-0.2, -0.15) is 0 Å². The van der Waals surface area contributed by atoms with Gasteiger partial charge in [-0.3, -0.25) is 0 Å². The van der Waals surface area contributed by atoms with E-state index < -0.39 is 0 Å². The normalized spacial score (nSPS) is 10.8. The van der Waals surface area contributed by atoms with Crippen molar-refractivity contribution in [2.24, 2.45) is 11.7 Å². The third-order valence-electron chi connectivity index (χ3n) is 3.58. The Morgan fingerprint density at radius 2 is 1.95 bits per heavy atom. The van der Waals surface area contributed by atoms with Crippen molar-refractivity contribution in [1.29, 1.82) is 0 Å². The van der Waals surface area contributed by atoms with Gasteiger partial charge in [0.1, 0.15) is 4.99 Å². The van der Waals surface area contributed by atoms with Crippen LogP contribution in [-0.4, -0.2) is 18.1 Å². The molecule has 0 aliphatic carbocycles. The highest BCUT2D eigenvalue weighted by Gasteiger charge is 2.15. The molecule has 0 aliphatic rings. The molecule has 0 aromatic heterocycles. The lowest BCUT2D eigenvalue weighted by Crippen LogP contribution is -2.31. The van der Waals surface area contributed by atoms with Gasteiger partial charge < -0.3 is 10.6 Å². The maximum absolute atomic E-state index is 6.12. The molecule has 4 heteroatoms. The van der Waals surface area contributed by atoms with E-state index in [9.17, 15) is 0 Å². The Kier molecular flexibility index (Phi) is 6.59. The Bertz CT molecular complexity index is 430. The van der Waals surface area contributed by atoms with Crippen molar-refractivity contribution in [2.45, 2.75) is 33.6 Å². The van der Waals surface area contributed by atoms with E-state index in [0.717, 1.165) is 29.4 Å². The van der Waals surface area contributed by atoms with E-state index in [1.54, 1.807) is 0 Å². The summed E-state index contributed by atoms with van der Waals surface area (Å²) in [7, 11) is 0. The molecule has 0 spiro atoms. The molecule has 1 rings (SSSR count). The minimum absolute atomic E-state index is 0.426. The molecule has 0 bridgehead atoms. The van der Waals surface area contributed by atoms with Gasteiger partial charge in [0.05, 0.1) is 0 Å². The molecule has 0 amide bonds. The van der Waals surface area contributed by atoms with E-state index in [0.29, 0.717) is 10.9 Å². The van der Waals surface area contributed by atoms with E-state index in [2.05, 4.69) is 25.7 Å². The molecule has 0 aliphatic heterocycles. The molecule has 1 aromatic carbocycles. The Labute approximate surface area is 126 Å². The first-order valence-corrected chi connectivity index (χ1v) is 7.66. The zero-order valence-electron chi connectivity index (χ0n) is 11.9. The summed E-state index contributed by atoms with van der Waals surface area (Å²) in [4.78, 5) is 2.74. The molecule has 106 valence electrons. The first kappa shape index (κ1) is 16.3. The fourth-order valence-electron chi connectivity index (χ4n) is 2.23. The quantitative estimate of drug-likeness (QED) is 0.764. The summed E-state index contributed by atoms with van der Waals surface area (Å²) in [5.41, 5.74) is 7.77. The topological polar surface area (TPSA) is 29.3 Å². The van der Waals surface area contributed by atoms with Gasteiger partial charge in [0, 0.05) is 29.4 Å². The molecule has 2 N–H and O–H groups in total. The van der Waals surface area contributed by atoms with E-state index >= 15 is 0 Å². The molecule has 0 fully saturated rings. The van der Waals surface area contributed by atoms with E-state index in [-0.39, 0.29) is 0 Å². The van der Waals surface area contributed by atoms with Crippen LogP contribution in [0.5, 0.6) is 0 Å². The third kappa shape index (κ3) is 4.36. The third-order valence-corrected chi connectivity index (χ3v) is 4.04. The largest absolute Gasteiger partial charge is 0.389 e. The molecular weight excluding hydrogens is 276 g/mol. The second-order valence-corrected chi connectivity index (χ2v) is 5.62. The summed E-state index contributed by atoms with van der Waals surface area (Å²) in [5.74, 6) is 0.679. The number of halogens is 1. The Hall–Kier alpha value is -0.800. The van der Waals surface area contributed by atoms with Gasteiger partial charge in [0.25, 0.3) is 0 Å². The zero-order chi connectivity index (χ0) is 14.4. The standard InChI is InChI=1S/C15H23ClN2S/c1-4-11(5-2)10-18(6-3)14-9-12(16)7-8-13(14)15(17)19/h7-9,11H,4-6,10H2,1-3H3,(H2,17,19). The van der Waals surface area contributed by atoms with Crippen LogP contribution in [0, 0.1) is 5.92 Å². The molecule has 0 unspecified atom stereocenters. The van der Waals surface area contributed by atoms with Gasteiger partial charge in [-0.1, -0.05) is 50.5 Å². The molecular formula is C15H23ClN2S. The lowest BCUT2D eigenvalue weighted by Gasteiger charge is -2.29. The highest BCUT2D eigenvalue weighted by Crippen LogP contribution is 2.26. The van der Waals surface area contributed by atoms with Crippen LogP contribution < -0.4 is 10.6 Å². The number of hydrogen-bond acceptors (Lipinski definition) is 2. The van der Waals surface area contributed by atoms with E-state index in [1.165, 1.54) is 12.8 Å². The minimum Gasteiger partial charge on any atom is -0.389 e. The van der Waals surface area contributed by atoms with Crippen LogP contribution in [0.25, 0.3) is 0 Å². The number of rotatable bonds is 7. The Balaban J connectivity index is 3.09. The van der Waals surface area contributed by atoms with E-state index in [4.69, 9.17) is 29.6 Å². The van der Waals surface area contributed by atoms with Crippen LogP contribution >= 0.6 is 23.8 Å². The van der Waals surface area contributed by atoms with Crippen molar-refractivity contribution in [2.75, 3.05) is 18.0 Å². The van der Waals surface area contributed by atoms with Crippen molar-refractivity contribution in [3.8, 4) is 0 Å². The predicted octanol–water partition coefficient (Wildman–Crippen LogP) is 4.24. The number of benzene rings is 1. The van der Waals surface area contributed by atoms with Gasteiger partial charge in [0.2, 0.25) is 0 Å². The maximum atomic E-state index is 6.12. The van der Waals surface area contributed by atoms with Crippen molar-refractivity contribution in [1.82, 2.24) is 0 Å². The molecule has 0 heterocycles. The highest BCUT2D eigenvalue weighted by molar-refractivity contribution is 7.80. The van der Waals surface area contributed by atoms with Crippen molar-refractivity contribution in [3.63, 3.8) is 0 Å². The zero-order valence-corrected chi connectivity index (χ0v) is 13.5. The summed E-state index contributed by atoms with van der Waals surface area (Å²) in [6.07, 6.45) is 2.35. The van der Waals surface area contributed by atoms with Crippen LogP contribution in [0.1, 0.15) is 39.2 Å². The van der Waals surface area contributed by atoms with Crippen molar-refractivity contribution in [3.05, 3.63) is 28.8 Å². The molecule has 2 nitrogen and oxygen atoms in total. The summed E-state index contributed by atoms with van der Waals surface area (Å²) in [6, 6.07) is 5.71. The number of nitrogens with zero attached hydrogens (tertiary/aromatic N) is 1. The first-order chi connectivity index (χ1) is 9.03. The second kappa shape index (κ2) is 7.71. The molecule has 0 saturated carbocycles. The van der Waals surface area contributed by atoms with Crippen molar-refractivity contribution < 1.29 is 0 Å². The van der Waals surface area contributed by atoms with Crippen LogP contribution in [0.3, 0.4) is 0 Å². The minimum atomic E-state index is 0.426. The lowest BCUT2D eigenvalue weighted by atomic mass is 10.0. The average molecular weight is 299 g/mol. The van der Waals surface area contributed by atoms with Gasteiger partial charge in [-0.15, -0.1) is 0 Å². The molecule has 19 heavy (non-hydrogen) atoms. The summed E-state index contributed by atoms with van der Waals surface area (Å²) >= 11 is 11.3. The fourth-order valence-corrected chi connectivity index (χ4v) is 2.57. The van der Waals surface area contributed by atoms with Crippen LogP contribution in [0.15, 0.2) is 18.2 Å². The van der Waals surface area contributed by atoms with Gasteiger partial charge in [-0.05, 0) is 31.0 Å². The maximum Gasteiger partial charge on any atom is 0.106 e. The van der Waals surface area contributed by atoms with Crippen LogP contribution in [0.4, 0.5) is 5.69 Å². The van der Waals surface area contributed by atoms with Crippen LogP contribution in [0.2, 0.25) is 5.02 Å². The Morgan fingerprint density at radius 1 is 1.32 bits per heavy atom. The SMILES string of the molecule is CCC(CC)CN(CC)c1cc(Cl)ccc1C(N)=S. The molecule has 0 radical (unpaired) electrons. The molecule has 0 atom stereocenters. The number of nitrogens with two attached hydrogens (primary N) is 1. The van der Waals surface area contributed by atoms with Crippen LogP contribution in [-0.2, 0) is 0 Å².